The van der Waals surface area contributed by atoms with E-state index in [0.29, 0.717) is 22.7 Å². The number of guanidine groups is 1. The highest BCUT2D eigenvalue weighted by atomic mass is 32.2. The number of nitrogens with one attached hydrogen (secondary N) is 3. The Hall–Kier alpha value is -1.12. The second kappa shape index (κ2) is 8.31. The van der Waals surface area contributed by atoms with Gasteiger partial charge in [-0.3, -0.25) is 4.99 Å². The van der Waals surface area contributed by atoms with Crippen LogP contribution in [0, 0.1) is 12.3 Å². The molecule has 2 rings (SSSR count). The Kier molecular flexibility index (Phi) is 6.65. The first kappa shape index (κ1) is 19.2. The lowest BCUT2D eigenvalue weighted by Crippen LogP contribution is -2.47. The monoisotopic (exact) mass is 372 g/mol. The first-order chi connectivity index (χ1) is 11.4. The molecule has 1 fully saturated rings. The zero-order valence-electron chi connectivity index (χ0n) is 14.7. The smallest absolute Gasteiger partial charge is 0.250 e. The zero-order chi connectivity index (χ0) is 17.6. The number of aryl methyl sites for hydroxylation is 1. The van der Waals surface area contributed by atoms with Crippen LogP contribution < -0.4 is 15.4 Å². The van der Waals surface area contributed by atoms with Gasteiger partial charge in [-0.2, -0.15) is 0 Å². The van der Waals surface area contributed by atoms with Gasteiger partial charge in [0.1, 0.15) is 4.21 Å². The largest absolute Gasteiger partial charge is 0.356 e. The maximum absolute atomic E-state index is 12.1. The molecule has 136 valence electrons. The summed E-state index contributed by atoms with van der Waals surface area (Å²) in [7, 11) is -1.68. The SMILES string of the molecule is CCC1(CNC(=NC)NCCNS(=O)(=O)c2ccc(C)s2)CCC1. The van der Waals surface area contributed by atoms with Crippen LogP contribution in [0.15, 0.2) is 21.3 Å². The van der Waals surface area contributed by atoms with Crippen LogP contribution in [-0.4, -0.2) is 41.1 Å². The summed E-state index contributed by atoms with van der Waals surface area (Å²) < 4.78 is 27.2. The highest BCUT2D eigenvalue weighted by Crippen LogP contribution is 2.42. The number of nitrogens with zero attached hydrogens (tertiary/aromatic N) is 1. The van der Waals surface area contributed by atoms with Crippen LogP contribution in [0.4, 0.5) is 0 Å². The molecular formula is C16H28N4O2S2. The van der Waals surface area contributed by atoms with Gasteiger partial charge in [0.15, 0.2) is 5.96 Å². The van der Waals surface area contributed by atoms with E-state index >= 15 is 0 Å². The lowest BCUT2D eigenvalue weighted by atomic mass is 9.67. The Morgan fingerprint density at radius 1 is 1.29 bits per heavy atom. The quantitative estimate of drug-likeness (QED) is 0.371. The van der Waals surface area contributed by atoms with E-state index in [4.69, 9.17) is 0 Å². The minimum absolute atomic E-state index is 0.318. The molecule has 0 aliphatic heterocycles. The predicted molar refractivity (Wildman–Crippen MR) is 100 cm³/mol. The van der Waals surface area contributed by atoms with Gasteiger partial charge in [-0.15, -0.1) is 11.3 Å². The van der Waals surface area contributed by atoms with Crippen LogP contribution in [0.1, 0.15) is 37.5 Å². The third-order valence-electron chi connectivity index (χ3n) is 4.71. The van der Waals surface area contributed by atoms with Crippen molar-refractivity contribution in [3.63, 3.8) is 0 Å². The van der Waals surface area contributed by atoms with Crippen LogP contribution in [0.5, 0.6) is 0 Å². The molecule has 3 N–H and O–H groups in total. The van der Waals surface area contributed by atoms with Gasteiger partial charge in [0.25, 0.3) is 0 Å². The summed E-state index contributed by atoms with van der Waals surface area (Å²) >= 11 is 1.28. The van der Waals surface area contributed by atoms with Crippen molar-refractivity contribution in [1.82, 2.24) is 15.4 Å². The fraction of sp³-hybridized carbons (Fsp3) is 0.688. The van der Waals surface area contributed by atoms with Crippen LogP contribution in [0.3, 0.4) is 0 Å². The molecule has 8 heteroatoms. The van der Waals surface area contributed by atoms with Gasteiger partial charge in [-0.25, -0.2) is 13.1 Å². The van der Waals surface area contributed by atoms with Crippen LogP contribution in [0.2, 0.25) is 0 Å². The van der Waals surface area contributed by atoms with E-state index in [1.54, 1.807) is 13.1 Å². The van der Waals surface area contributed by atoms with Crippen molar-refractivity contribution in [2.45, 2.75) is 43.7 Å². The molecule has 0 spiro atoms. The van der Waals surface area contributed by atoms with Crippen molar-refractivity contribution in [3.8, 4) is 0 Å². The summed E-state index contributed by atoms with van der Waals surface area (Å²) in [6.07, 6.45) is 5.03. The maximum atomic E-state index is 12.1. The van der Waals surface area contributed by atoms with Crippen molar-refractivity contribution < 1.29 is 8.42 Å². The van der Waals surface area contributed by atoms with E-state index in [1.807, 2.05) is 13.0 Å². The minimum Gasteiger partial charge on any atom is -0.356 e. The molecule has 6 nitrogen and oxygen atoms in total. The standard InChI is InChI=1S/C16H28N4O2S2/c1-4-16(8-5-9-16)12-19-15(17-3)18-10-11-20-24(21,22)14-7-6-13(2)23-14/h6-7,20H,4-5,8-12H2,1-3H3,(H2,17,18,19). The summed E-state index contributed by atoms with van der Waals surface area (Å²) in [5.41, 5.74) is 0.413. The van der Waals surface area contributed by atoms with Gasteiger partial charge in [0.05, 0.1) is 0 Å². The second-order valence-electron chi connectivity index (χ2n) is 6.32. The Morgan fingerprint density at radius 3 is 2.54 bits per heavy atom. The first-order valence-electron chi connectivity index (χ1n) is 8.41. The summed E-state index contributed by atoms with van der Waals surface area (Å²) in [6.45, 7) is 5.86. The molecule has 0 saturated heterocycles. The van der Waals surface area contributed by atoms with Gasteiger partial charge < -0.3 is 10.6 Å². The predicted octanol–water partition coefficient (Wildman–Crippen LogP) is 2.08. The molecule has 0 aromatic carbocycles. The number of hydrogen-bond acceptors (Lipinski definition) is 4. The zero-order valence-corrected chi connectivity index (χ0v) is 16.3. The number of rotatable bonds is 8. The van der Waals surface area contributed by atoms with Crippen molar-refractivity contribution in [2.75, 3.05) is 26.7 Å². The molecule has 1 aromatic heterocycles. The number of sulfonamides is 1. The average Bonchev–Trinajstić information content (AvgIpc) is 2.96. The summed E-state index contributed by atoms with van der Waals surface area (Å²) in [6, 6.07) is 3.45. The van der Waals surface area contributed by atoms with Gasteiger partial charge >= 0.3 is 0 Å². The van der Waals surface area contributed by atoms with Crippen molar-refractivity contribution in [3.05, 3.63) is 17.0 Å². The van der Waals surface area contributed by atoms with Crippen molar-refractivity contribution >= 4 is 27.3 Å². The highest BCUT2D eigenvalue weighted by molar-refractivity contribution is 7.91. The lowest BCUT2D eigenvalue weighted by molar-refractivity contribution is 0.131. The third-order valence-corrected chi connectivity index (χ3v) is 7.66. The average molecular weight is 373 g/mol. The fourth-order valence-corrected chi connectivity index (χ4v) is 5.18. The van der Waals surface area contributed by atoms with Crippen LogP contribution in [-0.2, 0) is 10.0 Å². The van der Waals surface area contributed by atoms with Crippen LogP contribution >= 0.6 is 11.3 Å². The Labute approximate surface area is 149 Å². The number of thiophene rings is 1. The van der Waals surface area contributed by atoms with E-state index in [2.05, 4.69) is 27.3 Å². The van der Waals surface area contributed by atoms with Gasteiger partial charge in [0.2, 0.25) is 10.0 Å². The van der Waals surface area contributed by atoms with E-state index in [1.165, 1.54) is 37.0 Å². The molecule has 1 saturated carbocycles. The van der Waals surface area contributed by atoms with Crippen molar-refractivity contribution in [2.24, 2.45) is 10.4 Å². The Bertz CT molecular complexity index is 658. The normalized spacial score (nSPS) is 17.4. The number of aliphatic imine (C=N–C) groups is 1. The van der Waals surface area contributed by atoms with Crippen molar-refractivity contribution in [1.29, 1.82) is 0 Å². The highest BCUT2D eigenvalue weighted by Gasteiger charge is 2.34. The molecule has 0 amide bonds. The molecule has 1 aliphatic rings. The summed E-state index contributed by atoms with van der Waals surface area (Å²) in [5.74, 6) is 0.723. The molecule has 0 radical (unpaired) electrons. The Morgan fingerprint density at radius 2 is 2.04 bits per heavy atom. The number of hydrogen-bond donors (Lipinski definition) is 3. The van der Waals surface area contributed by atoms with Gasteiger partial charge in [-0.1, -0.05) is 13.3 Å². The molecule has 1 heterocycles. The molecule has 0 bridgehead atoms. The van der Waals surface area contributed by atoms with E-state index in [9.17, 15) is 8.42 Å². The molecular weight excluding hydrogens is 344 g/mol. The van der Waals surface area contributed by atoms with E-state index in [-0.39, 0.29) is 0 Å². The molecule has 0 atom stereocenters. The molecule has 1 aromatic rings. The van der Waals surface area contributed by atoms with E-state index < -0.39 is 10.0 Å². The minimum atomic E-state index is -3.41. The summed E-state index contributed by atoms with van der Waals surface area (Å²) in [5, 5.41) is 6.52. The van der Waals surface area contributed by atoms with Gasteiger partial charge in [-0.05, 0) is 43.7 Å². The van der Waals surface area contributed by atoms with Gasteiger partial charge in [0, 0.05) is 31.6 Å². The second-order valence-corrected chi connectivity index (χ2v) is 9.60. The molecule has 24 heavy (non-hydrogen) atoms. The fourth-order valence-electron chi connectivity index (χ4n) is 2.82. The topological polar surface area (TPSA) is 82.6 Å². The summed E-state index contributed by atoms with van der Waals surface area (Å²) in [4.78, 5) is 5.18. The Balaban J connectivity index is 1.72. The first-order valence-corrected chi connectivity index (χ1v) is 10.7. The third kappa shape index (κ3) is 4.94. The molecule has 0 unspecified atom stereocenters. The maximum Gasteiger partial charge on any atom is 0.250 e. The van der Waals surface area contributed by atoms with Crippen LogP contribution in [0.25, 0.3) is 0 Å². The van der Waals surface area contributed by atoms with E-state index in [0.717, 1.165) is 17.4 Å². The lowest BCUT2D eigenvalue weighted by Gasteiger charge is -2.41. The molecule has 1 aliphatic carbocycles.